The van der Waals surface area contributed by atoms with Gasteiger partial charge >= 0.3 is 11.9 Å². The highest BCUT2D eigenvalue weighted by Gasteiger charge is 2.18. The van der Waals surface area contributed by atoms with Crippen LogP contribution in [0.5, 0.6) is 0 Å². The van der Waals surface area contributed by atoms with Gasteiger partial charge in [0.15, 0.2) is 0 Å². The molecule has 0 saturated carbocycles. The zero-order chi connectivity index (χ0) is 23.7. The molecule has 2 rings (SSSR count). The minimum atomic E-state index is -0.501. The molecule has 0 amide bonds. The van der Waals surface area contributed by atoms with Gasteiger partial charge in [0.1, 0.15) is 0 Å². The fourth-order valence-electron chi connectivity index (χ4n) is 3.66. The molecule has 0 bridgehead atoms. The van der Waals surface area contributed by atoms with Crippen LogP contribution in [-0.4, -0.2) is 25.2 Å². The number of rotatable bonds is 16. The molecule has 0 aliphatic rings. The molecule has 2 aromatic rings. The summed E-state index contributed by atoms with van der Waals surface area (Å²) in [6, 6.07) is 14.6. The molecular formula is C28H37BrO4. The monoisotopic (exact) mass is 516 g/mol. The van der Waals surface area contributed by atoms with Gasteiger partial charge in [-0.05, 0) is 36.2 Å². The molecule has 4 nitrogen and oxygen atoms in total. The van der Waals surface area contributed by atoms with Crippen molar-refractivity contribution in [2.75, 3.05) is 13.2 Å². The molecule has 0 atom stereocenters. The largest absolute Gasteiger partial charge is 0.462 e. The summed E-state index contributed by atoms with van der Waals surface area (Å²) in [6.07, 6.45) is 12.9. The first-order valence-electron chi connectivity index (χ1n) is 12.3. The minimum Gasteiger partial charge on any atom is -0.462 e. The molecule has 0 heterocycles. The predicted molar refractivity (Wildman–Crippen MR) is 137 cm³/mol. The van der Waals surface area contributed by atoms with Crippen LogP contribution in [0.1, 0.15) is 97.4 Å². The second kappa shape index (κ2) is 16.5. The van der Waals surface area contributed by atoms with E-state index in [9.17, 15) is 9.59 Å². The summed E-state index contributed by atoms with van der Waals surface area (Å²) >= 11 is 3.41. The van der Waals surface area contributed by atoms with Crippen molar-refractivity contribution in [3.05, 3.63) is 69.7 Å². The predicted octanol–water partition coefficient (Wildman–Crippen LogP) is 7.93. The van der Waals surface area contributed by atoms with E-state index in [1.807, 2.05) is 24.3 Å². The SMILES string of the molecule is CCCCCCCCCCCCOC(=O)c1ccccc1C(=O)OCCc1ccc(Br)cc1. The molecule has 33 heavy (non-hydrogen) atoms. The summed E-state index contributed by atoms with van der Waals surface area (Å²) in [6.45, 7) is 2.87. The third-order valence-electron chi connectivity index (χ3n) is 5.64. The Morgan fingerprint density at radius 2 is 1.15 bits per heavy atom. The Kier molecular flexibility index (Phi) is 13.5. The molecule has 5 heteroatoms. The molecule has 180 valence electrons. The van der Waals surface area contributed by atoms with Crippen LogP contribution in [0, 0.1) is 0 Å². The number of ether oxygens (including phenoxy) is 2. The van der Waals surface area contributed by atoms with Gasteiger partial charge in [0.2, 0.25) is 0 Å². The highest BCUT2D eigenvalue weighted by Crippen LogP contribution is 2.15. The lowest BCUT2D eigenvalue weighted by Gasteiger charge is -2.10. The molecule has 0 N–H and O–H groups in total. The Hall–Kier alpha value is -2.14. The fourth-order valence-corrected chi connectivity index (χ4v) is 3.93. The van der Waals surface area contributed by atoms with Crippen LogP contribution in [0.3, 0.4) is 0 Å². The van der Waals surface area contributed by atoms with Gasteiger partial charge in [-0.2, -0.15) is 0 Å². The summed E-state index contributed by atoms with van der Waals surface area (Å²) in [5, 5.41) is 0. The maximum atomic E-state index is 12.5. The van der Waals surface area contributed by atoms with Crippen molar-refractivity contribution < 1.29 is 19.1 Å². The molecule has 0 unspecified atom stereocenters. The molecule has 0 aliphatic heterocycles. The zero-order valence-corrected chi connectivity index (χ0v) is 21.4. The number of esters is 2. The van der Waals surface area contributed by atoms with Crippen LogP contribution < -0.4 is 0 Å². The van der Waals surface area contributed by atoms with Crippen LogP contribution in [0.15, 0.2) is 53.0 Å². The van der Waals surface area contributed by atoms with Gasteiger partial charge in [-0.25, -0.2) is 9.59 Å². The summed E-state index contributed by atoms with van der Waals surface area (Å²) < 4.78 is 11.8. The van der Waals surface area contributed by atoms with Crippen molar-refractivity contribution >= 4 is 27.9 Å². The maximum Gasteiger partial charge on any atom is 0.339 e. The summed E-state index contributed by atoms with van der Waals surface area (Å²) in [7, 11) is 0. The maximum absolute atomic E-state index is 12.5. The summed E-state index contributed by atoms with van der Waals surface area (Å²) in [4.78, 5) is 25.1. The van der Waals surface area contributed by atoms with Crippen molar-refractivity contribution in [1.29, 1.82) is 0 Å². The third kappa shape index (κ3) is 11.0. The summed E-state index contributed by atoms with van der Waals surface area (Å²) in [5.41, 5.74) is 1.59. The van der Waals surface area contributed by atoms with Crippen LogP contribution in [0.2, 0.25) is 0 Å². The number of hydrogen-bond acceptors (Lipinski definition) is 4. The van der Waals surface area contributed by atoms with Crippen molar-refractivity contribution in [3.8, 4) is 0 Å². The van der Waals surface area contributed by atoms with Crippen LogP contribution in [0.25, 0.3) is 0 Å². The molecule has 0 radical (unpaired) electrons. The fraction of sp³-hybridized carbons (Fsp3) is 0.500. The molecular weight excluding hydrogens is 480 g/mol. The van der Waals surface area contributed by atoms with Gasteiger partial charge in [0.25, 0.3) is 0 Å². The average Bonchev–Trinajstić information content (AvgIpc) is 2.83. The third-order valence-corrected chi connectivity index (χ3v) is 6.16. The Balaban J connectivity index is 1.66. The quantitative estimate of drug-likeness (QED) is 0.168. The molecule has 0 aromatic heterocycles. The van der Waals surface area contributed by atoms with Crippen LogP contribution >= 0.6 is 15.9 Å². The van der Waals surface area contributed by atoms with Gasteiger partial charge < -0.3 is 9.47 Å². The van der Waals surface area contributed by atoms with E-state index in [0.29, 0.717) is 13.0 Å². The Labute approximate surface area is 207 Å². The summed E-state index contributed by atoms with van der Waals surface area (Å²) in [5.74, 6) is -0.968. The van der Waals surface area contributed by atoms with E-state index in [2.05, 4.69) is 22.9 Å². The van der Waals surface area contributed by atoms with E-state index in [0.717, 1.165) is 22.9 Å². The van der Waals surface area contributed by atoms with Crippen molar-refractivity contribution in [2.45, 2.75) is 77.6 Å². The van der Waals surface area contributed by atoms with Gasteiger partial charge in [-0.15, -0.1) is 0 Å². The van der Waals surface area contributed by atoms with Crippen molar-refractivity contribution in [3.63, 3.8) is 0 Å². The standard InChI is InChI=1S/C28H37BrO4/c1-2-3-4-5-6-7-8-9-10-13-21-32-27(30)25-14-11-12-15-26(25)28(31)33-22-20-23-16-18-24(29)19-17-23/h11-12,14-19H,2-10,13,20-22H2,1H3. The van der Waals surface area contributed by atoms with Crippen molar-refractivity contribution in [2.24, 2.45) is 0 Å². The van der Waals surface area contributed by atoms with Gasteiger partial charge in [-0.1, -0.05) is 105 Å². The smallest absolute Gasteiger partial charge is 0.339 e. The van der Waals surface area contributed by atoms with E-state index in [-0.39, 0.29) is 17.7 Å². The number of unbranched alkanes of at least 4 members (excludes halogenated alkanes) is 9. The lowest BCUT2D eigenvalue weighted by molar-refractivity contribution is 0.0455. The lowest BCUT2D eigenvalue weighted by Crippen LogP contribution is -2.15. The number of carbonyl (C=O) groups is 2. The Bertz CT molecular complexity index is 832. The average molecular weight is 518 g/mol. The zero-order valence-electron chi connectivity index (χ0n) is 19.8. The van der Waals surface area contributed by atoms with E-state index in [1.54, 1.807) is 24.3 Å². The van der Waals surface area contributed by atoms with Crippen molar-refractivity contribution in [1.82, 2.24) is 0 Å². The van der Waals surface area contributed by atoms with E-state index in [1.165, 1.54) is 51.4 Å². The van der Waals surface area contributed by atoms with Crippen LogP contribution in [0.4, 0.5) is 0 Å². The number of halogens is 1. The van der Waals surface area contributed by atoms with E-state index >= 15 is 0 Å². The number of hydrogen-bond donors (Lipinski definition) is 0. The van der Waals surface area contributed by atoms with Crippen LogP contribution in [-0.2, 0) is 15.9 Å². The molecule has 2 aromatic carbocycles. The lowest BCUT2D eigenvalue weighted by atomic mass is 10.1. The Morgan fingerprint density at radius 3 is 1.70 bits per heavy atom. The normalized spacial score (nSPS) is 10.7. The molecule has 0 aliphatic carbocycles. The minimum absolute atomic E-state index is 0.251. The first-order chi connectivity index (χ1) is 16.1. The van der Waals surface area contributed by atoms with E-state index in [4.69, 9.17) is 9.47 Å². The second-order valence-electron chi connectivity index (χ2n) is 8.38. The van der Waals surface area contributed by atoms with Gasteiger partial charge in [-0.3, -0.25) is 0 Å². The Morgan fingerprint density at radius 1 is 0.667 bits per heavy atom. The second-order valence-corrected chi connectivity index (χ2v) is 9.29. The van der Waals surface area contributed by atoms with E-state index < -0.39 is 11.9 Å². The molecule has 0 fully saturated rings. The van der Waals surface area contributed by atoms with Gasteiger partial charge in [0.05, 0.1) is 24.3 Å². The number of carbonyl (C=O) groups excluding carboxylic acids is 2. The highest BCUT2D eigenvalue weighted by molar-refractivity contribution is 9.10. The number of benzene rings is 2. The molecule has 0 saturated heterocycles. The topological polar surface area (TPSA) is 52.6 Å². The first kappa shape index (κ1) is 27.1. The first-order valence-corrected chi connectivity index (χ1v) is 13.1. The van der Waals surface area contributed by atoms with Gasteiger partial charge in [0, 0.05) is 10.9 Å². The highest BCUT2D eigenvalue weighted by atomic mass is 79.9. The molecule has 0 spiro atoms.